The Labute approximate surface area is 99.2 Å². The molecule has 0 saturated heterocycles. The standard InChI is InChI=1S/C14H23NO/c1-4-15(5-2)11-8-12-16-14-10-7-6-9-13(14)3/h6-7,9-10H,4-5,8,11-12H2,1-3H3/p+1. The number of benzene rings is 1. The minimum Gasteiger partial charge on any atom is -0.493 e. The molecule has 0 aliphatic carbocycles. The van der Waals surface area contributed by atoms with Crippen LogP contribution in [-0.2, 0) is 0 Å². The van der Waals surface area contributed by atoms with E-state index in [1.165, 1.54) is 25.2 Å². The second kappa shape index (κ2) is 7.29. The topological polar surface area (TPSA) is 13.7 Å². The molecule has 0 amide bonds. The number of aryl methyl sites for hydroxylation is 1. The van der Waals surface area contributed by atoms with Gasteiger partial charge in [-0.1, -0.05) is 18.2 Å². The van der Waals surface area contributed by atoms with Crippen molar-refractivity contribution in [3.05, 3.63) is 29.8 Å². The summed E-state index contributed by atoms with van der Waals surface area (Å²) < 4.78 is 5.76. The van der Waals surface area contributed by atoms with E-state index in [-0.39, 0.29) is 0 Å². The minimum atomic E-state index is 0.828. The van der Waals surface area contributed by atoms with Gasteiger partial charge in [-0.15, -0.1) is 0 Å². The molecule has 1 aromatic rings. The van der Waals surface area contributed by atoms with Crippen LogP contribution >= 0.6 is 0 Å². The van der Waals surface area contributed by atoms with Gasteiger partial charge in [-0.05, 0) is 32.4 Å². The molecule has 0 unspecified atom stereocenters. The molecule has 0 aliphatic rings. The van der Waals surface area contributed by atoms with Crippen molar-refractivity contribution >= 4 is 0 Å². The summed E-state index contributed by atoms with van der Waals surface area (Å²) in [5.74, 6) is 1.03. The normalized spacial score (nSPS) is 10.8. The first kappa shape index (κ1) is 13.0. The lowest BCUT2D eigenvalue weighted by Crippen LogP contribution is -3.11. The van der Waals surface area contributed by atoms with Gasteiger partial charge in [-0.2, -0.15) is 0 Å². The second-order valence-electron chi connectivity index (χ2n) is 4.17. The molecule has 1 rings (SSSR count). The Morgan fingerprint density at radius 2 is 1.81 bits per heavy atom. The smallest absolute Gasteiger partial charge is 0.122 e. The van der Waals surface area contributed by atoms with Crippen LogP contribution in [0.4, 0.5) is 0 Å². The lowest BCUT2D eigenvalue weighted by Gasteiger charge is -2.15. The van der Waals surface area contributed by atoms with Crippen molar-refractivity contribution in [3.8, 4) is 5.75 Å². The number of hydrogen-bond acceptors (Lipinski definition) is 1. The first-order valence-electron chi connectivity index (χ1n) is 6.30. The molecule has 2 nitrogen and oxygen atoms in total. The monoisotopic (exact) mass is 222 g/mol. The Morgan fingerprint density at radius 3 is 2.44 bits per heavy atom. The third-order valence-electron chi connectivity index (χ3n) is 3.03. The van der Waals surface area contributed by atoms with Gasteiger partial charge < -0.3 is 9.64 Å². The van der Waals surface area contributed by atoms with E-state index in [9.17, 15) is 0 Å². The molecule has 0 atom stereocenters. The summed E-state index contributed by atoms with van der Waals surface area (Å²) >= 11 is 0. The van der Waals surface area contributed by atoms with Crippen LogP contribution in [-0.4, -0.2) is 26.2 Å². The van der Waals surface area contributed by atoms with E-state index in [2.05, 4.69) is 26.8 Å². The van der Waals surface area contributed by atoms with Crippen molar-refractivity contribution in [3.63, 3.8) is 0 Å². The van der Waals surface area contributed by atoms with Crippen LogP contribution < -0.4 is 9.64 Å². The third-order valence-corrected chi connectivity index (χ3v) is 3.03. The highest BCUT2D eigenvalue weighted by atomic mass is 16.5. The van der Waals surface area contributed by atoms with Gasteiger partial charge in [0, 0.05) is 6.42 Å². The van der Waals surface area contributed by atoms with Gasteiger partial charge in [0.05, 0.1) is 26.2 Å². The lowest BCUT2D eigenvalue weighted by atomic mass is 10.2. The van der Waals surface area contributed by atoms with Gasteiger partial charge in [0.2, 0.25) is 0 Å². The van der Waals surface area contributed by atoms with Crippen molar-refractivity contribution in [1.29, 1.82) is 0 Å². The van der Waals surface area contributed by atoms with Gasteiger partial charge in [-0.25, -0.2) is 0 Å². The van der Waals surface area contributed by atoms with E-state index in [0.29, 0.717) is 0 Å². The number of hydrogen-bond donors (Lipinski definition) is 1. The fraction of sp³-hybridized carbons (Fsp3) is 0.571. The molecule has 0 bridgehead atoms. The molecule has 1 aromatic carbocycles. The highest BCUT2D eigenvalue weighted by Crippen LogP contribution is 2.15. The summed E-state index contributed by atoms with van der Waals surface area (Å²) in [5, 5.41) is 0. The summed E-state index contributed by atoms with van der Waals surface area (Å²) in [6, 6.07) is 8.20. The molecule has 90 valence electrons. The van der Waals surface area contributed by atoms with Gasteiger partial charge in [0.15, 0.2) is 0 Å². The van der Waals surface area contributed by atoms with Crippen LogP contribution in [0.3, 0.4) is 0 Å². The number of rotatable bonds is 7. The zero-order valence-electron chi connectivity index (χ0n) is 10.8. The van der Waals surface area contributed by atoms with Gasteiger partial charge in [0.1, 0.15) is 5.75 Å². The molecule has 1 N–H and O–H groups in total. The van der Waals surface area contributed by atoms with Crippen molar-refractivity contribution in [2.75, 3.05) is 26.2 Å². The van der Waals surface area contributed by atoms with Crippen molar-refractivity contribution in [1.82, 2.24) is 0 Å². The third kappa shape index (κ3) is 4.23. The molecular weight excluding hydrogens is 198 g/mol. The molecular formula is C14H24NO+. The van der Waals surface area contributed by atoms with Gasteiger partial charge >= 0.3 is 0 Å². The maximum absolute atomic E-state index is 5.76. The summed E-state index contributed by atoms with van der Waals surface area (Å²) in [4.78, 5) is 1.65. The predicted molar refractivity (Wildman–Crippen MR) is 68.2 cm³/mol. The molecule has 0 spiro atoms. The van der Waals surface area contributed by atoms with E-state index in [4.69, 9.17) is 4.74 Å². The van der Waals surface area contributed by atoms with E-state index in [1.807, 2.05) is 18.2 Å². The fourth-order valence-corrected chi connectivity index (χ4v) is 1.83. The lowest BCUT2D eigenvalue weighted by molar-refractivity contribution is -0.896. The summed E-state index contributed by atoms with van der Waals surface area (Å²) in [6.07, 6.45) is 1.13. The molecule has 16 heavy (non-hydrogen) atoms. The Bertz CT molecular complexity index is 295. The molecule has 2 heteroatoms. The average Bonchev–Trinajstić information content (AvgIpc) is 2.31. The van der Waals surface area contributed by atoms with E-state index < -0.39 is 0 Å². The summed E-state index contributed by atoms with van der Waals surface area (Å²) in [7, 11) is 0. The molecule has 0 radical (unpaired) electrons. The molecule has 0 saturated carbocycles. The Morgan fingerprint density at radius 1 is 1.12 bits per heavy atom. The Kier molecular flexibility index (Phi) is 5.94. The van der Waals surface area contributed by atoms with Crippen molar-refractivity contribution < 1.29 is 9.64 Å². The fourth-order valence-electron chi connectivity index (χ4n) is 1.83. The molecule has 0 aromatic heterocycles. The first-order valence-corrected chi connectivity index (χ1v) is 6.30. The largest absolute Gasteiger partial charge is 0.493 e. The van der Waals surface area contributed by atoms with Gasteiger partial charge in [-0.3, -0.25) is 0 Å². The highest BCUT2D eigenvalue weighted by molar-refractivity contribution is 5.31. The predicted octanol–water partition coefficient (Wildman–Crippen LogP) is 1.69. The quantitative estimate of drug-likeness (QED) is 0.693. The number of nitrogens with one attached hydrogen (secondary N) is 1. The van der Waals surface area contributed by atoms with E-state index in [0.717, 1.165) is 18.8 Å². The maximum Gasteiger partial charge on any atom is 0.122 e. The maximum atomic E-state index is 5.76. The number of para-hydroxylation sites is 1. The van der Waals surface area contributed by atoms with Gasteiger partial charge in [0.25, 0.3) is 0 Å². The Balaban J connectivity index is 2.23. The SMILES string of the molecule is CC[NH+](CC)CCCOc1ccccc1C. The van der Waals surface area contributed by atoms with Crippen LogP contribution in [0, 0.1) is 6.92 Å². The zero-order chi connectivity index (χ0) is 11.8. The van der Waals surface area contributed by atoms with Crippen molar-refractivity contribution in [2.24, 2.45) is 0 Å². The van der Waals surface area contributed by atoms with Crippen molar-refractivity contribution in [2.45, 2.75) is 27.2 Å². The molecule has 0 heterocycles. The average molecular weight is 222 g/mol. The van der Waals surface area contributed by atoms with Crippen LogP contribution in [0.25, 0.3) is 0 Å². The van der Waals surface area contributed by atoms with E-state index in [1.54, 1.807) is 4.90 Å². The van der Waals surface area contributed by atoms with Crippen LogP contribution in [0.5, 0.6) is 5.75 Å². The number of ether oxygens (including phenoxy) is 1. The molecule has 0 aliphatic heterocycles. The summed E-state index contributed by atoms with van der Waals surface area (Å²) in [6.45, 7) is 11.0. The second-order valence-corrected chi connectivity index (χ2v) is 4.17. The first-order chi connectivity index (χ1) is 7.77. The van der Waals surface area contributed by atoms with E-state index >= 15 is 0 Å². The highest BCUT2D eigenvalue weighted by Gasteiger charge is 2.02. The Hall–Kier alpha value is -1.02. The van der Waals surface area contributed by atoms with Crippen LogP contribution in [0.15, 0.2) is 24.3 Å². The molecule has 0 fully saturated rings. The number of quaternary nitrogens is 1. The summed E-state index contributed by atoms with van der Waals surface area (Å²) in [5.41, 5.74) is 1.22. The minimum absolute atomic E-state index is 0.828. The van der Waals surface area contributed by atoms with Crippen LogP contribution in [0.2, 0.25) is 0 Å². The zero-order valence-corrected chi connectivity index (χ0v) is 10.8. The van der Waals surface area contributed by atoms with Crippen LogP contribution in [0.1, 0.15) is 25.8 Å².